The van der Waals surface area contributed by atoms with Gasteiger partial charge in [-0.2, -0.15) is 0 Å². The van der Waals surface area contributed by atoms with Crippen molar-refractivity contribution >= 4 is 18.0 Å². The molecule has 0 aromatic heterocycles. The number of methoxy groups -OCH3 is 1. The van der Waals surface area contributed by atoms with Crippen molar-refractivity contribution < 1.29 is 23.9 Å². The van der Waals surface area contributed by atoms with E-state index in [1.54, 1.807) is 0 Å². The first-order valence-corrected chi connectivity index (χ1v) is 4.44. The second kappa shape index (κ2) is 5.06. The predicted octanol–water partition coefficient (Wildman–Crippen LogP) is 1.00. The van der Waals surface area contributed by atoms with Gasteiger partial charge in [0.1, 0.15) is 0 Å². The number of aldehydes is 1. The largest absolute Gasteiger partial charge is 0.493 e. The Labute approximate surface area is 92.0 Å². The van der Waals surface area contributed by atoms with Crippen molar-refractivity contribution in [3.05, 3.63) is 23.8 Å². The summed E-state index contributed by atoms with van der Waals surface area (Å²) in [7, 11) is 1.37. The van der Waals surface area contributed by atoms with Gasteiger partial charge in [0.15, 0.2) is 17.8 Å². The molecule has 0 aliphatic heterocycles. The molecule has 1 aromatic carbocycles. The zero-order valence-electron chi connectivity index (χ0n) is 8.85. The van der Waals surface area contributed by atoms with E-state index < -0.39 is 11.8 Å². The van der Waals surface area contributed by atoms with Crippen LogP contribution in [0.25, 0.3) is 0 Å². The Bertz CT molecular complexity index is 436. The molecule has 0 saturated heterocycles. The van der Waals surface area contributed by atoms with Crippen LogP contribution in [0.4, 0.5) is 0 Å². The second-order valence-electron chi connectivity index (χ2n) is 2.94. The summed E-state index contributed by atoms with van der Waals surface area (Å²) < 4.78 is 9.78. The summed E-state index contributed by atoms with van der Waals surface area (Å²) in [4.78, 5) is 32.1. The molecule has 0 saturated carbocycles. The first kappa shape index (κ1) is 11.9. The molecule has 5 heteroatoms. The molecule has 0 atom stereocenters. The summed E-state index contributed by atoms with van der Waals surface area (Å²) in [6, 6.07) is 4.13. The maximum absolute atomic E-state index is 11.1. The van der Waals surface area contributed by atoms with E-state index in [0.29, 0.717) is 0 Å². The topological polar surface area (TPSA) is 69.7 Å². The monoisotopic (exact) mass is 222 g/mol. The molecule has 0 unspecified atom stereocenters. The standard InChI is InChI=1S/C11H10O5/c1-7(13)16-10-4-3-8(9(14)6-12)5-11(10)15-2/h3-6H,1-2H3. The third-order valence-corrected chi connectivity index (χ3v) is 1.81. The highest BCUT2D eigenvalue weighted by Crippen LogP contribution is 2.28. The van der Waals surface area contributed by atoms with E-state index in [4.69, 9.17) is 9.47 Å². The van der Waals surface area contributed by atoms with Crippen LogP contribution >= 0.6 is 0 Å². The van der Waals surface area contributed by atoms with Crippen LogP contribution in [0.5, 0.6) is 11.5 Å². The molecule has 16 heavy (non-hydrogen) atoms. The van der Waals surface area contributed by atoms with Crippen LogP contribution in [0.3, 0.4) is 0 Å². The fourth-order valence-electron chi connectivity index (χ4n) is 1.13. The van der Waals surface area contributed by atoms with Crippen molar-refractivity contribution in [3.63, 3.8) is 0 Å². The third-order valence-electron chi connectivity index (χ3n) is 1.81. The summed E-state index contributed by atoms with van der Waals surface area (Å²) in [5.74, 6) is -0.721. The number of hydrogen-bond donors (Lipinski definition) is 0. The number of carbonyl (C=O) groups excluding carboxylic acids is 3. The van der Waals surface area contributed by atoms with Gasteiger partial charge in [0.25, 0.3) is 0 Å². The Morgan fingerprint density at radius 2 is 1.94 bits per heavy atom. The van der Waals surface area contributed by atoms with Crippen LogP contribution in [0.1, 0.15) is 17.3 Å². The molecule has 0 aliphatic carbocycles. The minimum absolute atomic E-state index is 0.183. The Balaban J connectivity index is 3.10. The zero-order chi connectivity index (χ0) is 12.1. The Morgan fingerprint density at radius 1 is 1.25 bits per heavy atom. The highest BCUT2D eigenvalue weighted by molar-refractivity contribution is 6.33. The third kappa shape index (κ3) is 2.66. The minimum atomic E-state index is -0.660. The van der Waals surface area contributed by atoms with Crippen molar-refractivity contribution in [2.24, 2.45) is 0 Å². The number of carbonyl (C=O) groups is 3. The van der Waals surface area contributed by atoms with Gasteiger partial charge in [-0.1, -0.05) is 0 Å². The molecule has 0 aliphatic rings. The van der Waals surface area contributed by atoms with Crippen LogP contribution in [-0.2, 0) is 9.59 Å². The van der Waals surface area contributed by atoms with E-state index in [0.717, 1.165) is 0 Å². The first-order chi connectivity index (χ1) is 7.58. The quantitative estimate of drug-likeness (QED) is 0.250. The van der Waals surface area contributed by atoms with Gasteiger partial charge in [-0.3, -0.25) is 14.4 Å². The molecule has 0 heterocycles. The molecule has 1 rings (SSSR count). The number of Topliss-reactive ketones (excluding diaryl/α,β-unsaturated/α-hetero) is 1. The molecular weight excluding hydrogens is 212 g/mol. The van der Waals surface area contributed by atoms with E-state index in [2.05, 4.69) is 0 Å². The number of esters is 1. The number of rotatable bonds is 4. The van der Waals surface area contributed by atoms with Crippen LogP contribution in [0.15, 0.2) is 18.2 Å². The van der Waals surface area contributed by atoms with Crippen molar-refractivity contribution in [2.45, 2.75) is 6.92 Å². The fourth-order valence-corrected chi connectivity index (χ4v) is 1.13. The van der Waals surface area contributed by atoms with Crippen LogP contribution in [0.2, 0.25) is 0 Å². The number of ketones is 1. The van der Waals surface area contributed by atoms with Gasteiger partial charge in [-0.05, 0) is 18.2 Å². The normalized spacial score (nSPS) is 9.38. The lowest BCUT2D eigenvalue weighted by Gasteiger charge is -2.08. The summed E-state index contributed by atoms with van der Waals surface area (Å²) in [5, 5.41) is 0. The Hall–Kier alpha value is -2.17. The zero-order valence-corrected chi connectivity index (χ0v) is 8.85. The smallest absolute Gasteiger partial charge is 0.308 e. The van der Waals surface area contributed by atoms with Gasteiger partial charge in [-0.25, -0.2) is 0 Å². The molecule has 0 spiro atoms. The second-order valence-corrected chi connectivity index (χ2v) is 2.94. The van der Waals surface area contributed by atoms with Gasteiger partial charge in [-0.15, -0.1) is 0 Å². The maximum atomic E-state index is 11.1. The average molecular weight is 222 g/mol. The number of hydrogen-bond acceptors (Lipinski definition) is 5. The van der Waals surface area contributed by atoms with Crippen LogP contribution in [0, 0.1) is 0 Å². The van der Waals surface area contributed by atoms with Crippen LogP contribution in [-0.4, -0.2) is 25.1 Å². The van der Waals surface area contributed by atoms with Crippen molar-refractivity contribution in [3.8, 4) is 11.5 Å². The van der Waals surface area contributed by atoms with Gasteiger partial charge < -0.3 is 9.47 Å². The SMILES string of the molecule is COc1cc(C(=O)C=O)ccc1OC(C)=O. The van der Waals surface area contributed by atoms with Crippen molar-refractivity contribution in [2.75, 3.05) is 7.11 Å². The lowest BCUT2D eigenvalue weighted by atomic mass is 10.1. The van der Waals surface area contributed by atoms with E-state index in [9.17, 15) is 14.4 Å². The summed E-state index contributed by atoms with van der Waals surface area (Å²) in [6.07, 6.45) is 0.209. The molecular formula is C11H10O5. The van der Waals surface area contributed by atoms with E-state index in [1.807, 2.05) is 0 Å². The molecule has 0 bridgehead atoms. The van der Waals surface area contributed by atoms with Gasteiger partial charge in [0.2, 0.25) is 5.78 Å². The lowest BCUT2D eigenvalue weighted by Crippen LogP contribution is -2.05. The lowest BCUT2D eigenvalue weighted by molar-refractivity contribution is -0.132. The Kier molecular flexibility index (Phi) is 3.77. The van der Waals surface area contributed by atoms with Crippen LogP contribution < -0.4 is 9.47 Å². The summed E-state index contributed by atoms with van der Waals surface area (Å²) in [6.45, 7) is 1.25. The fraction of sp³-hybridized carbons (Fsp3) is 0.182. The number of ether oxygens (including phenoxy) is 2. The molecule has 1 aromatic rings. The van der Waals surface area contributed by atoms with E-state index in [1.165, 1.54) is 32.2 Å². The molecule has 0 amide bonds. The summed E-state index contributed by atoms with van der Waals surface area (Å²) >= 11 is 0. The highest BCUT2D eigenvalue weighted by Gasteiger charge is 2.11. The molecule has 0 N–H and O–H groups in total. The molecule has 5 nitrogen and oxygen atoms in total. The number of benzene rings is 1. The molecule has 0 fully saturated rings. The van der Waals surface area contributed by atoms with Crippen molar-refractivity contribution in [1.29, 1.82) is 0 Å². The highest BCUT2D eigenvalue weighted by atomic mass is 16.6. The summed E-state index contributed by atoms with van der Waals surface area (Å²) in [5.41, 5.74) is 0.183. The first-order valence-electron chi connectivity index (χ1n) is 4.44. The Morgan fingerprint density at radius 3 is 2.44 bits per heavy atom. The molecule has 0 radical (unpaired) electrons. The maximum Gasteiger partial charge on any atom is 0.308 e. The van der Waals surface area contributed by atoms with Gasteiger partial charge in [0.05, 0.1) is 7.11 Å². The predicted molar refractivity (Wildman–Crippen MR) is 54.7 cm³/mol. The minimum Gasteiger partial charge on any atom is -0.493 e. The molecule has 84 valence electrons. The van der Waals surface area contributed by atoms with Gasteiger partial charge in [0, 0.05) is 12.5 Å². The van der Waals surface area contributed by atoms with Gasteiger partial charge >= 0.3 is 5.97 Å². The van der Waals surface area contributed by atoms with E-state index in [-0.39, 0.29) is 23.3 Å². The van der Waals surface area contributed by atoms with Crippen molar-refractivity contribution in [1.82, 2.24) is 0 Å². The average Bonchev–Trinajstić information content (AvgIpc) is 2.27. The van der Waals surface area contributed by atoms with E-state index >= 15 is 0 Å².